The standard InChI is InChI=1S/C29H32N2O5/c1-5-22(19-11-8-7-9-12-19)31-18-20-17-21(15-16-24(20)36-23(6-2)29(31)33)30-28(32)27-25(34-3)13-10-14-26(27)35-4/h7-17,22-23H,5-6,18H2,1-4H3,(H,30,32)/t22-,23-/m0/s1. The summed E-state index contributed by atoms with van der Waals surface area (Å²) in [7, 11) is 3.02. The van der Waals surface area contributed by atoms with E-state index in [4.69, 9.17) is 14.2 Å². The van der Waals surface area contributed by atoms with Crippen molar-refractivity contribution in [3.8, 4) is 17.2 Å². The van der Waals surface area contributed by atoms with Gasteiger partial charge >= 0.3 is 0 Å². The number of hydrogen-bond donors (Lipinski definition) is 1. The lowest BCUT2D eigenvalue weighted by molar-refractivity contribution is -0.141. The summed E-state index contributed by atoms with van der Waals surface area (Å²) in [5.41, 5.74) is 2.81. The number of methoxy groups -OCH3 is 2. The number of carbonyl (C=O) groups excluding carboxylic acids is 2. The van der Waals surface area contributed by atoms with Crippen LogP contribution in [0, 0.1) is 0 Å². The zero-order valence-corrected chi connectivity index (χ0v) is 21.1. The first-order valence-electron chi connectivity index (χ1n) is 12.2. The summed E-state index contributed by atoms with van der Waals surface area (Å²) >= 11 is 0. The fourth-order valence-corrected chi connectivity index (χ4v) is 4.65. The number of hydrogen-bond acceptors (Lipinski definition) is 5. The number of nitrogens with zero attached hydrogens (tertiary/aromatic N) is 1. The Balaban J connectivity index is 1.67. The molecule has 2 atom stereocenters. The second-order valence-corrected chi connectivity index (χ2v) is 8.63. The van der Waals surface area contributed by atoms with Crippen LogP contribution >= 0.6 is 0 Å². The first-order valence-corrected chi connectivity index (χ1v) is 12.2. The monoisotopic (exact) mass is 488 g/mol. The van der Waals surface area contributed by atoms with E-state index in [-0.39, 0.29) is 17.9 Å². The second-order valence-electron chi connectivity index (χ2n) is 8.63. The highest BCUT2D eigenvalue weighted by atomic mass is 16.5. The van der Waals surface area contributed by atoms with Crippen molar-refractivity contribution in [3.05, 3.63) is 83.4 Å². The summed E-state index contributed by atoms with van der Waals surface area (Å²) in [6.07, 6.45) is 0.764. The lowest BCUT2D eigenvalue weighted by Gasteiger charge is -2.32. The van der Waals surface area contributed by atoms with E-state index in [1.165, 1.54) is 14.2 Å². The van der Waals surface area contributed by atoms with E-state index in [2.05, 4.69) is 12.2 Å². The van der Waals surface area contributed by atoms with Crippen molar-refractivity contribution >= 4 is 17.5 Å². The zero-order valence-electron chi connectivity index (χ0n) is 21.1. The molecule has 1 aliphatic heterocycles. The Hall–Kier alpha value is -4.00. The van der Waals surface area contributed by atoms with E-state index in [9.17, 15) is 9.59 Å². The molecular weight excluding hydrogens is 456 g/mol. The van der Waals surface area contributed by atoms with Gasteiger partial charge in [-0.25, -0.2) is 0 Å². The molecule has 3 aromatic carbocycles. The maximum atomic E-state index is 13.5. The van der Waals surface area contributed by atoms with Crippen LogP contribution in [0.5, 0.6) is 17.2 Å². The Morgan fingerprint density at radius 2 is 1.72 bits per heavy atom. The fourth-order valence-electron chi connectivity index (χ4n) is 4.65. The van der Waals surface area contributed by atoms with Gasteiger partial charge in [-0.1, -0.05) is 50.2 Å². The molecule has 1 aliphatic rings. The number of amides is 2. The van der Waals surface area contributed by atoms with Crippen LogP contribution in [0.25, 0.3) is 0 Å². The van der Waals surface area contributed by atoms with Gasteiger partial charge in [0.1, 0.15) is 22.8 Å². The topological polar surface area (TPSA) is 77.1 Å². The molecule has 0 radical (unpaired) electrons. The Morgan fingerprint density at radius 3 is 2.33 bits per heavy atom. The summed E-state index contributed by atoms with van der Waals surface area (Å²) in [6.45, 7) is 4.40. The maximum absolute atomic E-state index is 13.5. The van der Waals surface area contributed by atoms with E-state index in [1.807, 2.05) is 54.3 Å². The van der Waals surface area contributed by atoms with Gasteiger partial charge in [0.2, 0.25) is 0 Å². The number of nitrogens with one attached hydrogen (secondary N) is 1. The number of fused-ring (bicyclic) bond motifs is 1. The largest absolute Gasteiger partial charge is 0.496 e. The maximum Gasteiger partial charge on any atom is 0.264 e. The van der Waals surface area contributed by atoms with Crippen LogP contribution in [0.15, 0.2) is 66.7 Å². The lowest BCUT2D eigenvalue weighted by atomic mass is 10.0. The normalized spacial score (nSPS) is 15.8. The third-order valence-electron chi connectivity index (χ3n) is 6.46. The summed E-state index contributed by atoms with van der Waals surface area (Å²) in [6, 6.07) is 20.6. The van der Waals surface area contributed by atoms with Gasteiger partial charge < -0.3 is 24.4 Å². The van der Waals surface area contributed by atoms with Crippen LogP contribution in [0.1, 0.15) is 54.2 Å². The first-order chi connectivity index (χ1) is 17.5. The van der Waals surface area contributed by atoms with E-state index < -0.39 is 6.10 Å². The average molecular weight is 489 g/mol. The minimum atomic E-state index is -0.567. The van der Waals surface area contributed by atoms with Crippen LogP contribution < -0.4 is 19.5 Å². The van der Waals surface area contributed by atoms with E-state index in [0.717, 1.165) is 17.5 Å². The van der Waals surface area contributed by atoms with Crippen molar-refractivity contribution < 1.29 is 23.8 Å². The summed E-state index contributed by atoms with van der Waals surface area (Å²) < 4.78 is 16.9. The van der Waals surface area contributed by atoms with Crippen LogP contribution in [0.4, 0.5) is 5.69 Å². The highest BCUT2D eigenvalue weighted by Gasteiger charge is 2.34. The first kappa shape index (κ1) is 25.1. The molecule has 0 saturated carbocycles. The van der Waals surface area contributed by atoms with Gasteiger partial charge in [0, 0.05) is 11.3 Å². The zero-order chi connectivity index (χ0) is 25.7. The second kappa shape index (κ2) is 11.2. The molecule has 0 saturated heterocycles. The quantitative estimate of drug-likeness (QED) is 0.446. The molecule has 36 heavy (non-hydrogen) atoms. The van der Waals surface area contributed by atoms with Crippen LogP contribution in [0.3, 0.4) is 0 Å². The van der Waals surface area contributed by atoms with Gasteiger partial charge in [0.15, 0.2) is 6.10 Å². The third-order valence-corrected chi connectivity index (χ3v) is 6.46. The Kier molecular flexibility index (Phi) is 7.78. The highest BCUT2D eigenvalue weighted by Crippen LogP contribution is 2.35. The Labute approximate surface area is 212 Å². The number of ether oxygens (including phenoxy) is 3. The smallest absolute Gasteiger partial charge is 0.264 e. The molecule has 0 spiro atoms. The molecule has 0 aliphatic carbocycles. The molecule has 1 heterocycles. The Morgan fingerprint density at radius 1 is 1.03 bits per heavy atom. The van der Waals surface area contributed by atoms with Gasteiger partial charge in [-0.05, 0) is 48.7 Å². The van der Waals surface area contributed by atoms with Gasteiger partial charge in [-0.2, -0.15) is 0 Å². The lowest BCUT2D eigenvalue weighted by Crippen LogP contribution is -2.41. The minimum absolute atomic E-state index is 0.0336. The molecular formula is C29H32N2O5. The van der Waals surface area contributed by atoms with Gasteiger partial charge in [-0.15, -0.1) is 0 Å². The van der Waals surface area contributed by atoms with Crippen LogP contribution in [-0.2, 0) is 11.3 Å². The predicted octanol–water partition coefficient (Wildman–Crippen LogP) is 5.61. The molecule has 0 aromatic heterocycles. The molecule has 4 rings (SSSR count). The van der Waals surface area contributed by atoms with Crippen molar-refractivity contribution in [1.29, 1.82) is 0 Å². The third kappa shape index (κ3) is 5.00. The van der Waals surface area contributed by atoms with Gasteiger partial charge in [0.05, 0.1) is 26.8 Å². The SMILES string of the molecule is CC[C@@H]1Oc2ccc(NC(=O)c3c(OC)cccc3OC)cc2CN([C@@H](CC)c2ccccc2)C1=O. The number of benzene rings is 3. The number of rotatable bonds is 8. The molecule has 7 heteroatoms. The van der Waals surface area contributed by atoms with Crippen LogP contribution in [-0.4, -0.2) is 37.0 Å². The molecule has 0 bridgehead atoms. The van der Waals surface area contributed by atoms with E-state index >= 15 is 0 Å². The Bertz CT molecular complexity index is 1210. The number of carbonyl (C=O) groups is 2. The predicted molar refractivity (Wildman–Crippen MR) is 139 cm³/mol. The fraction of sp³-hybridized carbons (Fsp3) is 0.310. The molecule has 0 unspecified atom stereocenters. The van der Waals surface area contributed by atoms with Crippen molar-refractivity contribution in [3.63, 3.8) is 0 Å². The van der Waals surface area contributed by atoms with Gasteiger partial charge in [0.25, 0.3) is 11.8 Å². The molecule has 7 nitrogen and oxygen atoms in total. The molecule has 1 N–H and O–H groups in total. The van der Waals surface area contributed by atoms with Crippen molar-refractivity contribution in [2.24, 2.45) is 0 Å². The highest BCUT2D eigenvalue weighted by molar-refractivity contribution is 6.08. The molecule has 3 aromatic rings. The number of anilines is 1. The van der Waals surface area contributed by atoms with Crippen molar-refractivity contribution in [2.45, 2.75) is 45.4 Å². The summed E-state index contributed by atoms with van der Waals surface area (Å²) in [4.78, 5) is 28.6. The molecule has 188 valence electrons. The average Bonchev–Trinajstić information content (AvgIpc) is 3.05. The molecule has 0 fully saturated rings. The minimum Gasteiger partial charge on any atom is -0.496 e. The van der Waals surface area contributed by atoms with Crippen LogP contribution in [0.2, 0.25) is 0 Å². The summed E-state index contributed by atoms with van der Waals surface area (Å²) in [5.74, 6) is 1.10. The molecule has 2 amide bonds. The van der Waals surface area contributed by atoms with Crippen molar-refractivity contribution in [2.75, 3.05) is 19.5 Å². The summed E-state index contributed by atoms with van der Waals surface area (Å²) in [5, 5.41) is 2.95. The van der Waals surface area contributed by atoms with Gasteiger partial charge in [-0.3, -0.25) is 9.59 Å². The van der Waals surface area contributed by atoms with E-state index in [0.29, 0.717) is 41.5 Å². The van der Waals surface area contributed by atoms with Crippen molar-refractivity contribution in [1.82, 2.24) is 4.90 Å². The van der Waals surface area contributed by atoms with E-state index in [1.54, 1.807) is 24.3 Å².